The molecule has 0 spiro atoms. The number of carbonyl (C=O) groups excluding carboxylic acids is 1. The number of benzene rings is 1. The molecule has 0 unspecified atom stereocenters. The Morgan fingerprint density at radius 1 is 1.41 bits per heavy atom. The number of hydrogen-bond donors (Lipinski definition) is 2. The second-order valence-corrected chi connectivity index (χ2v) is 3.85. The molecule has 0 heterocycles. The first-order chi connectivity index (χ1) is 8.00. The third kappa shape index (κ3) is 4.10. The Bertz CT molecular complexity index is 418. The van der Waals surface area contributed by atoms with E-state index in [1.807, 2.05) is 13.8 Å². The van der Waals surface area contributed by atoms with Gasteiger partial charge in [-0.05, 0) is 19.9 Å². The summed E-state index contributed by atoms with van der Waals surface area (Å²) in [4.78, 5) is 21.6. The van der Waals surface area contributed by atoms with E-state index in [0.717, 1.165) is 0 Å². The Kier molecular flexibility index (Phi) is 4.45. The Morgan fingerprint density at radius 3 is 2.65 bits per heavy atom. The van der Waals surface area contributed by atoms with Crippen molar-refractivity contribution in [1.29, 1.82) is 0 Å². The van der Waals surface area contributed by atoms with E-state index in [-0.39, 0.29) is 24.2 Å². The molecule has 0 saturated carbocycles. The molecule has 6 nitrogen and oxygen atoms in total. The lowest BCUT2D eigenvalue weighted by Gasteiger charge is -2.10. The fraction of sp³-hybridized carbons (Fsp3) is 0.364. The number of nitro groups is 1. The van der Waals surface area contributed by atoms with E-state index in [2.05, 4.69) is 10.6 Å². The van der Waals surface area contributed by atoms with Gasteiger partial charge in [-0.25, -0.2) is 0 Å². The topological polar surface area (TPSA) is 84.3 Å². The molecule has 0 aromatic heterocycles. The van der Waals surface area contributed by atoms with E-state index in [1.165, 1.54) is 6.07 Å². The first-order valence-corrected chi connectivity index (χ1v) is 5.27. The highest BCUT2D eigenvalue weighted by atomic mass is 16.6. The summed E-state index contributed by atoms with van der Waals surface area (Å²) >= 11 is 0. The van der Waals surface area contributed by atoms with Gasteiger partial charge in [-0.1, -0.05) is 12.1 Å². The molecule has 1 aromatic rings. The third-order valence-corrected chi connectivity index (χ3v) is 1.99. The molecular formula is C11H15N3O3. The lowest BCUT2D eigenvalue weighted by molar-refractivity contribution is -0.383. The van der Waals surface area contributed by atoms with Gasteiger partial charge in [0, 0.05) is 12.1 Å². The maximum Gasteiger partial charge on any atom is 0.292 e. The number of hydrogen-bond acceptors (Lipinski definition) is 4. The van der Waals surface area contributed by atoms with Crippen molar-refractivity contribution in [2.24, 2.45) is 0 Å². The molecule has 0 bridgehead atoms. The molecule has 6 heteroatoms. The third-order valence-electron chi connectivity index (χ3n) is 1.99. The van der Waals surface area contributed by atoms with Gasteiger partial charge in [0.1, 0.15) is 5.69 Å². The van der Waals surface area contributed by atoms with Crippen LogP contribution in [0.25, 0.3) is 0 Å². The average Bonchev–Trinajstić information content (AvgIpc) is 2.25. The zero-order chi connectivity index (χ0) is 12.8. The fourth-order valence-corrected chi connectivity index (χ4v) is 1.33. The highest BCUT2D eigenvalue weighted by Crippen LogP contribution is 2.22. The maximum absolute atomic E-state index is 11.4. The van der Waals surface area contributed by atoms with E-state index in [1.54, 1.807) is 18.2 Å². The van der Waals surface area contributed by atoms with Gasteiger partial charge in [-0.15, -0.1) is 0 Å². The molecule has 0 aliphatic rings. The predicted molar refractivity (Wildman–Crippen MR) is 64.9 cm³/mol. The summed E-state index contributed by atoms with van der Waals surface area (Å²) in [6.45, 7) is 3.72. The number of anilines is 1. The van der Waals surface area contributed by atoms with Crippen LogP contribution in [0.3, 0.4) is 0 Å². The van der Waals surface area contributed by atoms with Crippen LogP contribution in [0.2, 0.25) is 0 Å². The summed E-state index contributed by atoms with van der Waals surface area (Å²) in [7, 11) is 0. The molecule has 1 aromatic carbocycles. The highest BCUT2D eigenvalue weighted by Gasteiger charge is 2.12. The molecule has 1 rings (SSSR count). The normalized spacial score (nSPS) is 10.1. The predicted octanol–water partition coefficient (Wildman–Crippen LogP) is 1.53. The van der Waals surface area contributed by atoms with Gasteiger partial charge in [-0.3, -0.25) is 14.9 Å². The Balaban J connectivity index is 2.63. The quantitative estimate of drug-likeness (QED) is 0.600. The fourth-order valence-electron chi connectivity index (χ4n) is 1.33. The van der Waals surface area contributed by atoms with Gasteiger partial charge in [-0.2, -0.15) is 0 Å². The monoisotopic (exact) mass is 237 g/mol. The summed E-state index contributed by atoms with van der Waals surface area (Å²) in [6.07, 6.45) is 0. The van der Waals surface area contributed by atoms with Gasteiger partial charge in [0.05, 0.1) is 11.5 Å². The lowest BCUT2D eigenvalue weighted by atomic mass is 10.2. The molecule has 0 aliphatic carbocycles. The summed E-state index contributed by atoms with van der Waals surface area (Å²) in [5, 5.41) is 16.1. The van der Waals surface area contributed by atoms with E-state index in [4.69, 9.17) is 0 Å². The molecule has 0 fully saturated rings. The summed E-state index contributed by atoms with van der Waals surface area (Å²) in [5.41, 5.74) is 0.307. The minimum atomic E-state index is -0.483. The van der Waals surface area contributed by atoms with Crippen molar-refractivity contribution in [3.63, 3.8) is 0 Å². The standard InChI is InChI=1S/C11H15N3O3/c1-8(2)13-11(15)7-12-9-5-3-4-6-10(9)14(16)17/h3-6,8,12H,7H2,1-2H3,(H,13,15). The van der Waals surface area contributed by atoms with Gasteiger partial charge in [0.15, 0.2) is 0 Å². The van der Waals surface area contributed by atoms with Crippen molar-refractivity contribution < 1.29 is 9.72 Å². The van der Waals surface area contributed by atoms with Gasteiger partial charge in [0.2, 0.25) is 5.91 Å². The number of carbonyl (C=O) groups is 1. The minimum absolute atomic E-state index is 0.0169. The smallest absolute Gasteiger partial charge is 0.292 e. The van der Waals surface area contributed by atoms with Crippen LogP contribution in [0, 0.1) is 10.1 Å². The number of rotatable bonds is 5. The summed E-state index contributed by atoms with van der Waals surface area (Å²) in [6, 6.07) is 6.27. The molecule has 17 heavy (non-hydrogen) atoms. The number of nitro benzene ring substituents is 1. The number of nitrogens with one attached hydrogen (secondary N) is 2. The van der Waals surface area contributed by atoms with Crippen LogP contribution in [-0.2, 0) is 4.79 Å². The molecular weight excluding hydrogens is 222 g/mol. The van der Waals surface area contributed by atoms with E-state index >= 15 is 0 Å². The molecule has 0 saturated heterocycles. The molecule has 0 aliphatic heterocycles. The van der Waals surface area contributed by atoms with E-state index in [9.17, 15) is 14.9 Å². The van der Waals surface area contributed by atoms with E-state index in [0.29, 0.717) is 5.69 Å². The van der Waals surface area contributed by atoms with E-state index < -0.39 is 4.92 Å². The van der Waals surface area contributed by atoms with Crippen LogP contribution in [0.15, 0.2) is 24.3 Å². The van der Waals surface area contributed by atoms with Crippen molar-refractivity contribution in [2.75, 3.05) is 11.9 Å². The molecule has 2 N–H and O–H groups in total. The van der Waals surface area contributed by atoms with Crippen molar-refractivity contribution in [3.8, 4) is 0 Å². The van der Waals surface area contributed by atoms with Crippen molar-refractivity contribution in [3.05, 3.63) is 34.4 Å². The Labute approximate surface area is 99.2 Å². The largest absolute Gasteiger partial charge is 0.371 e. The van der Waals surface area contributed by atoms with Crippen LogP contribution in [0.5, 0.6) is 0 Å². The van der Waals surface area contributed by atoms with Gasteiger partial charge >= 0.3 is 0 Å². The average molecular weight is 237 g/mol. The zero-order valence-corrected chi connectivity index (χ0v) is 9.77. The Morgan fingerprint density at radius 2 is 2.06 bits per heavy atom. The van der Waals surface area contributed by atoms with Crippen molar-refractivity contribution in [1.82, 2.24) is 5.32 Å². The lowest BCUT2D eigenvalue weighted by Crippen LogP contribution is -2.34. The molecule has 1 amide bonds. The van der Waals surface area contributed by atoms with Crippen LogP contribution < -0.4 is 10.6 Å². The SMILES string of the molecule is CC(C)NC(=O)CNc1ccccc1[N+](=O)[O-]. The first kappa shape index (κ1) is 13.0. The Hall–Kier alpha value is -2.11. The second kappa shape index (κ2) is 5.83. The molecule has 0 radical (unpaired) electrons. The van der Waals surface area contributed by atoms with Gasteiger partial charge < -0.3 is 10.6 Å². The van der Waals surface area contributed by atoms with Crippen LogP contribution >= 0.6 is 0 Å². The maximum atomic E-state index is 11.4. The summed E-state index contributed by atoms with van der Waals surface area (Å²) in [5.74, 6) is -0.196. The van der Waals surface area contributed by atoms with Gasteiger partial charge in [0.25, 0.3) is 5.69 Å². The first-order valence-electron chi connectivity index (χ1n) is 5.27. The minimum Gasteiger partial charge on any atom is -0.371 e. The van der Waals surface area contributed by atoms with Crippen molar-refractivity contribution >= 4 is 17.3 Å². The van der Waals surface area contributed by atoms with Crippen LogP contribution in [-0.4, -0.2) is 23.4 Å². The van der Waals surface area contributed by atoms with Crippen LogP contribution in [0.4, 0.5) is 11.4 Å². The number of para-hydroxylation sites is 2. The molecule has 0 atom stereocenters. The van der Waals surface area contributed by atoms with Crippen molar-refractivity contribution in [2.45, 2.75) is 19.9 Å². The second-order valence-electron chi connectivity index (χ2n) is 3.85. The molecule has 92 valence electrons. The highest BCUT2D eigenvalue weighted by molar-refractivity contribution is 5.81. The zero-order valence-electron chi connectivity index (χ0n) is 9.77. The number of amides is 1. The summed E-state index contributed by atoms with van der Waals surface area (Å²) < 4.78 is 0. The van der Waals surface area contributed by atoms with Crippen LogP contribution in [0.1, 0.15) is 13.8 Å². The number of nitrogens with zero attached hydrogens (tertiary/aromatic N) is 1.